The van der Waals surface area contributed by atoms with E-state index in [9.17, 15) is 4.79 Å². The van der Waals surface area contributed by atoms with E-state index in [-0.39, 0.29) is 0 Å². The topological polar surface area (TPSA) is 69.2 Å². The molecule has 0 bridgehead atoms. The van der Waals surface area contributed by atoms with E-state index < -0.39 is 6.09 Å². The number of ether oxygens (including phenoxy) is 3. The Balaban J connectivity index is 2.86. The molecule has 1 amide bonds. The van der Waals surface area contributed by atoms with Gasteiger partial charge in [-0.3, -0.25) is 0 Å². The zero-order valence-electron chi connectivity index (χ0n) is 9.89. The Hall–Kier alpha value is -2.24. The summed E-state index contributed by atoms with van der Waals surface area (Å²) in [7, 11) is 4.34. The molecule has 0 saturated heterocycles. The molecule has 0 aromatic heterocycles. The summed E-state index contributed by atoms with van der Waals surface area (Å²) in [5.41, 5.74) is 2.87. The van der Waals surface area contributed by atoms with E-state index in [0.717, 1.165) is 0 Å². The van der Waals surface area contributed by atoms with Gasteiger partial charge in [0.05, 0.1) is 27.5 Å². The van der Waals surface area contributed by atoms with Gasteiger partial charge in [0, 0.05) is 5.56 Å². The third-order valence-corrected chi connectivity index (χ3v) is 1.98. The van der Waals surface area contributed by atoms with Crippen LogP contribution in [-0.4, -0.2) is 33.6 Å². The first-order valence-electron chi connectivity index (χ1n) is 4.81. The monoisotopic (exact) mass is 238 g/mol. The van der Waals surface area contributed by atoms with E-state index in [0.29, 0.717) is 17.1 Å². The molecule has 17 heavy (non-hydrogen) atoms. The number of nitrogens with zero attached hydrogens (tertiary/aromatic N) is 1. The third kappa shape index (κ3) is 3.37. The molecule has 92 valence electrons. The molecule has 0 radical (unpaired) electrons. The summed E-state index contributed by atoms with van der Waals surface area (Å²) >= 11 is 0. The van der Waals surface area contributed by atoms with Crippen molar-refractivity contribution in [3.05, 3.63) is 23.8 Å². The fourth-order valence-electron chi connectivity index (χ4n) is 1.21. The number of benzene rings is 1. The van der Waals surface area contributed by atoms with Crippen LogP contribution in [0.25, 0.3) is 0 Å². The lowest BCUT2D eigenvalue weighted by Gasteiger charge is -2.09. The molecule has 0 atom stereocenters. The molecule has 0 heterocycles. The van der Waals surface area contributed by atoms with Crippen molar-refractivity contribution in [3.8, 4) is 11.5 Å². The summed E-state index contributed by atoms with van der Waals surface area (Å²) in [5, 5.41) is 3.71. The molecule has 1 aromatic rings. The van der Waals surface area contributed by atoms with Crippen LogP contribution in [0, 0.1) is 0 Å². The zero-order chi connectivity index (χ0) is 12.7. The number of nitrogens with one attached hydrogen (secondary N) is 1. The second-order valence-corrected chi connectivity index (χ2v) is 2.94. The van der Waals surface area contributed by atoms with Gasteiger partial charge in [-0.1, -0.05) is 6.07 Å². The molecule has 0 aliphatic rings. The second-order valence-electron chi connectivity index (χ2n) is 2.94. The second kappa shape index (κ2) is 6.37. The largest absolute Gasteiger partial charge is 0.493 e. The van der Waals surface area contributed by atoms with Gasteiger partial charge in [0.15, 0.2) is 11.5 Å². The summed E-state index contributed by atoms with van der Waals surface area (Å²) in [6.07, 6.45) is 0.807. The van der Waals surface area contributed by atoms with E-state index in [1.165, 1.54) is 20.4 Å². The molecule has 0 aliphatic carbocycles. The first-order valence-corrected chi connectivity index (χ1v) is 4.81. The SMILES string of the molecule is COC(=O)N/N=C/c1cccc(OC)c1OC. The van der Waals surface area contributed by atoms with Crippen molar-refractivity contribution >= 4 is 12.3 Å². The van der Waals surface area contributed by atoms with Gasteiger partial charge in [-0.05, 0) is 12.1 Å². The van der Waals surface area contributed by atoms with Gasteiger partial charge < -0.3 is 14.2 Å². The van der Waals surface area contributed by atoms with Crippen molar-refractivity contribution in [3.63, 3.8) is 0 Å². The first kappa shape index (κ1) is 12.8. The van der Waals surface area contributed by atoms with Gasteiger partial charge in [-0.15, -0.1) is 0 Å². The highest BCUT2D eigenvalue weighted by Gasteiger charge is 2.07. The highest BCUT2D eigenvalue weighted by molar-refractivity contribution is 5.85. The van der Waals surface area contributed by atoms with Crippen LogP contribution in [0.15, 0.2) is 23.3 Å². The van der Waals surface area contributed by atoms with E-state index >= 15 is 0 Å². The van der Waals surface area contributed by atoms with Crippen LogP contribution >= 0.6 is 0 Å². The molecule has 0 spiro atoms. The van der Waals surface area contributed by atoms with Crippen molar-refractivity contribution in [1.82, 2.24) is 5.43 Å². The number of carbonyl (C=O) groups is 1. The normalized spacial score (nSPS) is 10.1. The van der Waals surface area contributed by atoms with Crippen LogP contribution in [0.2, 0.25) is 0 Å². The van der Waals surface area contributed by atoms with E-state index in [2.05, 4.69) is 15.3 Å². The van der Waals surface area contributed by atoms with Crippen LogP contribution in [-0.2, 0) is 4.74 Å². The molecule has 0 saturated carbocycles. The number of para-hydroxylation sites is 1. The van der Waals surface area contributed by atoms with Crippen LogP contribution in [0.1, 0.15) is 5.56 Å². The molecule has 1 rings (SSSR count). The lowest BCUT2D eigenvalue weighted by molar-refractivity contribution is 0.171. The summed E-state index contributed by atoms with van der Waals surface area (Å²) in [6, 6.07) is 5.34. The molecular formula is C11H14N2O4. The Labute approximate surface area is 99.2 Å². The first-order chi connectivity index (χ1) is 8.22. The lowest BCUT2D eigenvalue weighted by Crippen LogP contribution is -2.16. The fraction of sp³-hybridized carbons (Fsp3) is 0.273. The third-order valence-electron chi connectivity index (χ3n) is 1.98. The van der Waals surface area contributed by atoms with E-state index in [1.807, 2.05) is 0 Å². The van der Waals surface area contributed by atoms with Crippen molar-refractivity contribution in [2.24, 2.45) is 5.10 Å². The van der Waals surface area contributed by atoms with Crippen molar-refractivity contribution in [2.75, 3.05) is 21.3 Å². The smallest absolute Gasteiger partial charge is 0.427 e. The standard InChI is InChI=1S/C11H14N2O4/c1-15-9-6-4-5-8(10(9)16-2)7-12-13-11(14)17-3/h4-7H,1-3H3,(H,13,14)/b12-7+. The summed E-state index contributed by atoms with van der Waals surface area (Å²) in [6.45, 7) is 0. The minimum absolute atomic E-state index is 0.547. The minimum atomic E-state index is -0.636. The minimum Gasteiger partial charge on any atom is -0.493 e. The molecule has 0 unspecified atom stereocenters. The van der Waals surface area contributed by atoms with Gasteiger partial charge >= 0.3 is 6.09 Å². The van der Waals surface area contributed by atoms with Gasteiger partial charge in [0.2, 0.25) is 0 Å². The van der Waals surface area contributed by atoms with Crippen LogP contribution in [0.4, 0.5) is 4.79 Å². The highest BCUT2D eigenvalue weighted by atomic mass is 16.5. The van der Waals surface area contributed by atoms with Crippen molar-refractivity contribution in [2.45, 2.75) is 0 Å². The number of hydrogen-bond donors (Lipinski definition) is 1. The molecule has 0 fully saturated rings. The Morgan fingerprint density at radius 3 is 2.65 bits per heavy atom. The summed E-state index contributed by atoms with van der Waals surface area (Å²) in [5.74, 6) is 1.14. The zero-order valence-corrected chi connectivity index (χ0v) is 9.89. The Bertz CT molecular complexity index is 418. The van der Waals surface area contributed by atoms with Gasteiger partial charge in [0.1, 0.15) is 0 Å². The van der Waals surface area contributed by atoms with Gasteiger partial charge in [0.25, 0.3) is 0 Å². The number of methoxy groups -OCH3 is 3. The lowest BCUT2D eigenvalue weighted by atomic mass is 10.2. The quantitative estimate of drug-likeness (QED) is 0.635. The van der Waals surface area contributed by atoms with Gasteiger partial charge in [-0.25, -0.2) is 10.2 Å². The molecule has 0 aliphatic heterocycles. The predicted molar refractivity (Wildman–Crippen MR) is 62.7 cm³/mol. The van der Waals surface area contributed by atoms with Crippen LogP contribution in [0.3, 0.4) is 0 Å². The van der Waals surface area contributed by atoms with Crippen LogP contribution < -0.4 is 14.9 Å². The summed E-state index contributed by atoms with van der Waals surface area (Å²) in [4.78, 5) is 10.8. The van der Waals surface area contributed by atoms with Crippen molar-refractivity contribution < 1.29 is 19.0 Å². The molecular weight excluding hydrogens is 224 g/mol. The van der Waals surface area contributed by atoms with E-state index in [1.54, 1.807) is 25.3 Å². The maximum absolute atomic E-state index is 10.8. The van der Waals surface area contributed by atoms with E-state index in [4.69, 9.17) is 9.47 Å². The fourth-order valence-corrected chi connectivity index (χ4v) is 1.21. The Kier molecular flexibility index (Phi) is 4.80. The Morgan fingerprint density at radius 2 is 2.06 bits per heavy atom. The molecule has 1 aromatic carbocycles. The highest BCUT2D eigenvalue weighted by Crippen LogP contribution is 2.29. The molecule has 1 N–H and O–H groups in total. The predicted octanol–water partition coefficient (Wildman–Crippen LogP) is 1.39. The average Bonchev–Trinajstić information content (AvgIpc) is 2.37. The molecule has 6 nitrogen and oxygen atoms in total. The maximum atomic E-state index is 10.8. The van der Waals surface area contributed by atoms with Crippen LogP contribution in [0.5, 0.6) is 11.5 Å². The average molecular weight is 238 g/mol. The van der Waals surface area contributed by atoms with Gasteiger partial charge in [-0.2, -0.15) is 5.10 Å². The Morgan fingerprint density at radius 1 is 1.29 bits per heavy atom. The number of amides is 1. The number of hydrazone groups is 1. The summed E-state index contributed by atoms with van der Waals surface area (Å²) < 4.78 is 14.7. The molecule has 6 heteroatoms. The number of hydrogen-bond acceptors (Lipinski definition) is 5. The number of carbonyl (C=O) groups excluding carboxylic acids is 1. The maximum Gasteiger partial charge on any atom is 0.427 e. The number of rotatable bonds is 4. The van der Waals surface area contributed by atoms with Crippen molar-refractivity contribution in [1.29, 1.82) is 0 Å².